The molecule has 2 aromatic rings. The Bertz CT molecular complexity index is 564. The van der Waals surface area contributed by atoms with Crippen LogP contribution < -0.4 is 5.32 Å². The molecule has 0 amide bonds. The number of benzene rings is 1. The second-order valence-electron chi connectivity index (χ2n) is 4.71. The van der Waals surface area contributed by atoms with Crippen LogP contribution >= 0.6 is 0 Å². The molecule has 0 fully saturated rings. The van der Waals surface area contributed by atoms with Crippen molar-refractivity contribution in [3.63, 3.8) is 0 Å². The zero-order chi connectivity index (χ0) is 12.5. The Hall–Kier alpha value is -1.88. The lowest BCUT2D eigenvalue weighted by molar-refractivity contribution is 0.474. The number of aryl methyl sites for hydroxylation is 2. The summed E-state index contributed by atoms with van der Waals surface area (Å²) in [7, 11) is 1.94. The molecule has 94 valence electrons. The zero-order valence-electron chi connectivity index (χ0n) is 10.3. The van der Waals surface area contributed by atoms with E-state index in [2.05, 4.69) is 15.5 Å². The SMILES string of the molecule is Cn1cnnc1CNC1CCc2cc(O)ccc21. The normalized spacial score (nSPS) is 17.9. The molecular formula is C13H16N4O. The number of hydrogen-bond donors (Lipinski definition) is 2. The van der Waals surface area contributed by atoms with Gasteiger partial charge in [-0.05, 0) is 36.1 Å². The van der Waals surface area contributed by atoms with Gasteiger partial charge in [0.2, 0.25) is 0 Å². The molecule has 0 spiro atoms. The number of aromatic nitrogens is 3. The maximum Gasteiger partial charge on any atom is 0.146 e. The van der Waals surface area contributed by atoms with Gasteiger partial charge in [-0.2, -0.15) is 0 Å². The molecule has 0 saturated carbocycles. The van der Waals surface area contributed by atoms with Gasteiger partial charge in [0.25, 0.3) is 0 Å². The maximum atomic E-state index is 9.46. The Kier molecular flexibility index (Phi) is 2.76. The van der Waals surface area contributed by atoms with E-state index in [0.29, 0.717) is 18.3 Å². The predicted octanol–water partition coefficient (Wildman–Crippen LogP) is 1.30. The predicted molar refractivity (Wildman–Crippen MR) is 67.0 cm³/mol. The molecule has 0 saturated heterocycles. The third-order valence-corrected chi connectivity index (χ3v) is 3.52. The molecular weight excluding hydrogens is 228 g/mol. The summed E-state index contributed by atoms with van der Waals surface area (Å²) in [5, 5.41) is 20.9. The summed E-state index contributed by atoms with van der Waals surface area (Å²) < 4.78 is 1.92. The van der Waals surface area contributed by atoms with Gasteiger partial charge in [-0.25, -0.2) is 0 Å². The Balaban J connectivity index is 1.71. The van der Waals surface area contributed by atoms with E-state index in [4.69, 9.17) is 0 Å². The van der Waals surface area contributed by atoms with Crippen LogP contribution in [0.1, 0.15) is 29.4 Å². The van der Waals surface area contributed by atoms with Gasteiger partial charge in [-0.1, -0.05) is 6.07 Å². The average molecular weight is 244 g/mol. The molecule has 1 aromatic carbocycles. The number of aromatic hydroxyl groups is 1. The monoisotopic (exact) mass is 244 g/mol. The summed E-state index contributed by atoms with van der Waals surface area (Å²) in [5.74, 6) is 1.28. The Morgan fingerprint density at radius 3 is 3.17 bits per heavy atom. The Morgan fingerprint density at radius 1 is 1.50 bits per heavy atom. The van der Waals surface area contributed by atoms with Crippen molar-refractivity contribution in [2.75, 3.05) is 0 Å². The molecule has 0 radical (unpaired) electrons. The van der Waals surface area contributed by atoms with Crippen LogP contribution in [0.5, 0.6) is 5.75 Å². The highest BCUT2D eigenvalue weighted by atomic mass is 16.3. The summed E-state index contributed by atoms with van der Waals surface area (Å²) in [6.45, 7) is 0.710. The van der Waals surface area contributed by atoms with E-state index < -0.39 is 0 Å². The molecule has 18 heavy (non-hydrogen) atoms. The first-order valence-corrected chi connectivity index (χ1v) is 6.12. The highest BCUT2D eigenvalue weighted by Crippen LogP contribution is 2.33. The smallest absolute Gasteiger partial charge is 0.146 e. The van der Waals surface area contributed by atoms with Crippen LogP contribution in [-0.4, -0.2) is 19.9 Å². The maximum absolute atomic E-state index is 9.46. The molecule has 1 aliphatic carbocycles. The van der Waals surface area contributed by atoms with Gasteiger partial charge in [-0.15, -0.1) is 10.2 Å². The molecule has 3 rings (SSSR count). The second-order valence-corrected chi connectivity index (χ2v) is 4.71. The van der Waals surface area contributed by atoms with Crippen molar-refractivity contribution in [1.29, 1.82) is 0 Å². The van der Waals surface area contributed by atoms with E-state index in [1.165, 1.54) is 11.1 Å². The van der Waals surface area contributed by atoms with Gasteiger partial charge in [0.1, 0.15) is 17.9 Å². The third kappa shape index (κ3) is 1.97. The fraction of sp³-hybridized carbons (Fsp3) is 0.385. The highest BCUT2D eigenvalue weighted by Gasteiger charge is 2.22. The first-order chi connectivity index (χ1) is 8.74. The first-order valence-electron chi connectivity index (χ1n) is 6.12. The number of nitrogens with one attached hydrogen (secondary N) is 1. The lowest BCUT2D eigenvalue weighted by Crippen LogP contribution is -2.20. The fourth-order valence-corrected chi connectivity index (χ4v) is 2.50. The topological polar surface area (TPSA) is 63.0 Å². The quantitative estimate of drug-likeness (QED) is 0.854. The van der Waals surface area contributed by atoms with Gasteiger partial charge in [0.05, 0.1) is 6.54 Å². The van der Waals surface area contributed by atoms with Crippen LogP contribution in [0.2, 0.25) is 0 Å². The number of fused-ring (bicyclic) bond motifs is 1. The fourth-order valence-electron chi connectivity index (χ4n) is 2.50. The van der Waals surface area contributed by atoms with E-state index >= 15 is 0 Å². The van der Waals surface area contributed by atoms with Crippen LogP contribution in [0.4, 0.5) is 0 Å². The number of phenols is 1. The van der Waals surface area contributed by atoms with Crippen molar-refractivity contribution in [3.8, 4) is 5.75 Å². The first kappa shape index (κ1) is 11.2. The van der Waals surface area contributed by atoms with E-state index in [9.17, 15) is 5.11 Å². The Morgan fingerprint density at radius 2 is 2.39 bits per heavy atom. The van der Waals surface area contributed by atoms with Crippen molar-refractivity contribution < 1.29 is 5.11 Å². The van der Waals surface area contributed by atoms with E-state index in [1.807, 2.05) is 23.7 Å². The second kappa shape index (κ2) is 4.42. The molecule has 1 unspecified atom stereocenters. The zero-order valence-corrected chi connectivity index (χ0v) is 10.3. The third-order valence-electron chi connectivity index (χ3n) is 3.52. The number of rotatable bonds is 3. The number of nitrogens with zero attached hydrogens (tertiary/aromatic N) is 3. The minimum atomic E-state index is 0.345. The molecule has 0 bridgehead atoms. The van der Waals surface area contributed by atoms with Crippen LogP contribution in [0.25, 0.3) is 0 Å². The van der Waals surface area contributed by atoms with E-state index in [-0.39, 0.29) is 0 Å². The van der Waals surface area contributed by atoms with Crippen LogP contribution in [0.15, 0.2) is 24.5 Å². The number of phenolic OH excluding ortho intramolecular Hbond substituents is 1. The highest BCUT2D eigenvalue weighted by molar-refractivity contribution is 5.40. The van der Waals surface area contributed by atoms with Crippen LogP contribution in [-0.2, 0) is 20.0 Å². The summed E-state index contributed by atoms with van der Waals surface area (Å²) >= 11 is 0. The average Bonchev–Trinajstić information content (AvgIpc) is 2.93. The van der Waals surface area contributed by atoms with Gasteiger partial charge >= 0.3 is 0 Å². The largest absolute Gasteiger partial charge is 0.508 e. The molecule has 5 heteroatoms. The molecule has 1 aromatic heterocycles. The van der Waals surface area contributed by atoms with Crippen molar-refractivity contribution in [3.05, 3.63) is 41.5 Å². The van der Waals surface area contributed by atoms with Gasteiger partial charge in [0.15, 0.2) is 0 Å². The van der Waals surface area contributed by atoms with Crippen molar-refractivity contribution in [2.45, 2.75) is 25.4 Å². The molecule has 1 aliphatic rings. The van der Waals surface area contributed by atoms with Crippen molar-refractivity contribution in [2.24, 2.45) is 7.05 Å². The molecule has 0 aliphatic heterocycles. The standard InChI is InChI=1S/C13H16N4O/c1-17-8-15-16-13(17)7-14-12-5-2-9-6-10(18)3-4-11(9)12/h3-4,6,8,12,14,18H,2,5,7H2,1H3. The lowest BCUT2D eigenvalue weighted by Gasteiger charge is -2.13. The van der Waals surface area contributed by atoms with Gasteiger partial charge in [-0.3, -0.25) is 0 Å². The van der Waals surface area contributed by atoms with Gasteiger partial charge < -0.3 is 15.0 Å². The molecule has 2 N–H and O–H groups in total. The number of hydrogen-bond acceptors (Lipinski definition) is 4. The molecule has 1 heterocycles. The van der Waals surface area contributed by atoms with Gasteiger partial charge in [0, 0.05) is 13.1 Å². The summed E-state index contributed by atoms with van der Waals surface area (Å²) in [6, 6.07) is 5.96. The molecule has 1 atom stereocenters. The Labute approximate surface area is 105 Å². The van der Waals surface area contributed by atoms with Crippen LogP contribution in [0, 0.1) is 0 Å². The van der Waals surface area contributed by atoms with Crippen molar-refractivity contribution >= 4 is 0 Å². The van der Waals surface area contributed by atoms with E-state index in [0.717, 1.165) is 18.7 Å². The summed E-state index contributed by atoms with van der Waals surface area (Å²) in [4.78, 5) is 0. The van der Waals surface area contributed by atoms with Crippen molar-refractivity contribution in [1.82, 2.24) is 20.1 Å². The van der Waals surface area contributed by atoms with Crippen LogP contribution in [0.3, 0.4) is 0 Å². The molecule has 5 nitrogen and oxygen atoms in total. The minimum Gasteiger partial charge on any atom is -0.508 e. The van der Waals surface area contributed by atoms with E-state index in [1.54, 1.807) is 12.4 Å². The lowest BCUT2D eigenvalue weighted by atomic mass is 10.1. The summed E-state index contributed by atoms with van der Waals surface area (Å²) in [6.07, 6.45) is 3.79. The summed E-state index contributed by atoms with van der Waals surface area (Å²) in [5.41, 5.74) is 2.53. The minimum absolute atomic E-state index is 0.345.